The lowest BCUT2D eigenvalue weighted by Crippen LogP contribution is -2.39. The maximum atomic E-state index is 9.28. The Hall–Kier alpha value is -0.0800. The van der Waals surface area contributed by atoms with Crippen molar-refractivity contribution >= 4 is 0 Å². The molecule has 0 saturated heterocycles. The molecule has 10 heavy (non-hydrogen) atoms. The third-order valence-corrected chi connectivity index (χ3v) is 2.06. The average Bonchev–Trinajstić information content (AvgIpc) is 1.88. The molecule has 0 heterocycles. The minimum Gasteiger partial charge on any atom is -0.390 e. The van der Waals surface area contributed by atoms with Crippen LogP contribution in [0.3, 0.4) is 0 Å². The van der Waals surface area contributed by atoms with Gasteiger partial charge in [0.25, 0.3) is 0 Å². The van der Waals surface area contributed by atoms with Crippen molar-refractivity contribution in [3.8, 4) is 0 Å². The zero-order valence-electron chi connectivity index (χ0n) is 7.35. The minimum atomic E-state index is -0.391. The van der Waals surface area contributed by atoms with Crippen molar-refractivity contribution in [3.05, 3.63) is 0 Å². The van der Waals surface area contributed by atoms with Crippen LogP contribution in [0.25, 0.3) is 0 Å². The molecule has 0 rings (SSSR count). The molecule has 0 aliphatic rings. The standard InChI is InChI=1S/C8H18O2/c1-5-8(4,7(3)9)10-6-2/h7,9H,5-6H2,1-4H3. The molecule has 2 atom stereocenters. The van der Waals surface area contributed by atoms with Crippen LogP contribution < -0.4 is 0 Å². The topological polar surface area (TPSA) is 29.5 Å². The second-order valence-electron chi connectivity index (χ2n) is 2.78. The zero-order chi connectivity index (χ0) is 8.20. The number of aliphatic hydroxyl groups is 1. The highest BCUT2D eigenvalue weighted by atomic mass is 16.5. The van der Waals surface area contributed by atoms with Gasteiger partial charge in [-0.3, -0.25) is 0 Å². The van der Waals surface area contributed by atoms with E-state index in [1.54, 1.807) is 6.92 Å². The van der Waals surface area contributed by atoms with Gasteiger partial charge >= 0.3 is 0 Å². The van der Waals surface area contributed by atoms with Crippen LogP contribution in [0.5, 0.6) is 0 Å². The van der Waals surface area contributed by atoms with Crippen molar-refractivity contribution in [1.82, 2.24) is 0 Å². The summed E-state index contributed by atoms with van der Waals surface area (Å²) in [7, 11) is 0. The van der Waals surface area contributed by atoms with Gasteiger partial charge < -0.3 is 9.84 Å². The molecule has 0 spiro atoms. The van der Waals surface area contributed by atoms with Gasteiger partial charge in [-0.2, -0.15) is 0 Å². The number of rotatable bonds is 4. The van der Waals surface area contributed by atoms with Gasteiger partial charge in [0.2, 0.25) is 0 Å². The Kier molecular flexibility index (Phi) is 3.91. The van der Waals surface area contributed by atoms with Crippen molar-refractivity contribution in [1.29, 1.82) is 0 Å². The van der Waals surface area contributed by atoms with Crippen molar-refractivity contribution in [2.45, 2.75) is 45.8 Å². The highest BCUT2D eigenvalue weighted by molar-refractivity contribution is 4.78. The molecule has 0 aromatic rings. The fraction of sp³-hybridized carbons (Fsp3) is 1.00. The molecule has 2 unspecified atom stereocenters. The molecule has 0 radical (unpaired) electrons. The first kappa shape index (κ1) is 9.92. The molecule has 62 valence electrons. The number of hydrogen-bond donors (Lipinski definition) is 1. The van der Waals surface area contributed by atoms with Crippen LogP contribution in [0.15, 0.2) is 0 Å². The number of aliphatic hydroxyl groups excluding tert-OH is 1. The van der Waals surface area contributed by atoms with Gasteiger partial charge in [-0.05, 0) is 27.2 Å². The fourth-order valence-electron chi connectivity index (χ4n) is 0.848. The van der Waals surface area contributed by atoms with E-state index in [2.05, 4.69) is 0 Å². The third kappa shape index (κ3) is 2.27. The SMILES string of the molecule is CCOC(C)(CC)C(C)O. The second kappa shape index (κ2) is 3.94. The van der Waals surface area contributed by atoms with E-state index >= 15 is 0 Å². The van der Waals surface area contributed by atoms with Crippen LogP contribution in [0.2, 0.25) is 0 Å². The van der Waals surface area contributed by atoms with E-state index in [4.69, 9.17) is 4.74 Å². The normalized spacial score (nSPS) is 20.1. The highest BCUT2D eigenvalue weighted by Gasteiger charge is 2.27. The Morgan fingerprint density at radius 2 is 2.00 bits per heavy atom. The van der Waals surface area contributed by atoms with Crippen molar-refractivity contribution < 1.29 is 9.84 Å². The van der Waals surface area contributed by atoms with Crippen LogP contribution in [0.4, 0.5) is 0 Å². The average molecular weight is 146 g/mol. The van der Waals surface area contributed by atoms with E-state index in [0.717, 1.165) is 6.42 Å². The summed E-state index contributed by atoms with van der Waals surface area (Å²) in [5.41, 5.74) is -0.352. The molecular weight excluding hydrogens is 128 g/mol. The van der Waals surface area contributed by atoms with E-state index < -0.39 is 6.10 Å². The van der Waals surface area contributed by atoms with Crippen molar-refractivity contribution in [2.24, 2.45) is 0 Å². The van der Waals surface area contributed by atoms with Gasteiger partial charge in [0.1, 0.15) is 0 Å². The van der Waals surface area contributed by atoms with Gasteiger partial charge in [-0.25, -0.2) is 0 Å². The summed E-state index contributed by atoms with van der Waals surface area (Å²) in [6, 6.07) is 0. The van der Waals surface area contributed by atoms with Gasteiger partial charge in [0.05, 0.1) is 11.7 Å². The second-order valence-corrected chi connectivity index (χ2v) is 2.78. The zero-order valence-corrected chi connectivity index (χ0v) is 7.35. The van der Waals surface area contributed by atoms with Gasteiger partial charge in [-0.15, -0.1) is 0 Å². The van der Waals surface area contributed by atoms with Crippen LogP contribution in [-0.4, -0.2) is 23.4 Å². The third-order valence-electron chi connectivity index (χ3n) is 2.06. The molecule has 0 aromatic carbocycles. The number of ether oxygens (including phenoxy) is 1. The molecule has 0 amide bonds. The molecule has 0 aliphatic carbocycles. The fourth-order valence-corrected chi connectivity index (χ4v) is 0.848. The maximum Gasteiger partial charge on any atom is 0.0906 e. The molecule has 0 aliphatic heterocycles. The molecule has 1 N–H and O–H groups in total. The summed E-state index contributed by atoms with van der Waals surface area (Å²) in [6.07, 6.45) is 0.454. The Morgan fingerprint density at radius 3 is 2.10 bits per heavy atom. The molecular formula is C8H18O2. The molecule has 0 aromatic heterocycles. The predicted molar refractivity (Wildman–Crippen MR) is 42.0 cm³/mol. The maximum absolute atomic E-state index is 9.28. The summed E-state index contributed by atoms with van der Waals surface area (Å²) in [4.78, 5) is 0. The molecule has 2 heteroatoms. The molecule has 0 bridgehead atoms. The molecule has 0 saturated carbocycles. The first-order valence-corrected chi connectivity index (χ1v) is 3.88. The van der Waals surface area contributed by atoms with E-state index in [1.165, 1.54) is 0 Å². The Bertz CT molecular complexity index is 91.3. The van der Waals surface area contributed by atoms with Crippen LogP contribution in [-0.2, 0) is 4.74 Å². The predicted octanol–water partition coefficient (Wildman–Crippen LogP) is 1.57. The molecule has 2 nitrogen and oxygen atoms in total. The van der Waals surface area contributed by atoms with Gasteiger partial charge in [0.15, 0.2) is 0 Å². The molecule has 0 fully saturated rings. The Balaban J connectivity index is 3.94. The first-order chi connectivity index (χ1) is 4.56. The van der Waals surface area contributed by atoms with Crippen LogP contribution >= 0.6 is 0 Å². The smallest absolute Gasteiger partial charge is 0.0906 e. The van der Waals surface area contributed by atoms with Gasteiger partial charge in [-0.1, -0.05) is 6.92 Å². The summed E-state index contributed by atoms with van der Waals surface area (Å²) in [5, 5.41) is 9.28. The Labute approximate surface area is 63.2 Å². The summed E-state index contributed by atoms with van der Waals surface area (Å²) < 4.78 is 5.39. The quantitative estimate of drug-likeness (QED) is 0.652. The lowest BCUT2D eigenvalue weighted by molar-refractivity contribution is -0.103. The summed E-state index contributed by atoms with van der Waals surface area (Å²) >= 11 is 0. The summed E-state index contributed by atoms with van der Waals surface area (Å²) in [5.74, 6) is 0. The van der Waals surface area contributed by atoms with Crippen LogP contribution in [0, 0.1) is 0 Å². The lowest BCUT2D eigenvalue weighted by Gasteiger charge is -2.30. The highest BCUT2D eigenvalue weighted by Crippen LogP contribution is 2.19. The summed E-state index contributed by atoms with van der Waals surface area (Å²) in [6.45, 7) is 8.31. The lowest BCUT2D eigenvalue weighted by atomic mass is 9.97. The van der Waals surface area contributed by atoms with Gasteiger partial charge in [0, 0.05) is 6.61 Å². The van der Waals surface area contributed by atoms with Crippen molar-refractivity contribution in [3.63, 3.8) is 0 Å². The van der Waals surface area contributed by atoms with Crippen LogP contribution in [0.1, 0.15) is 34.1 Å². The van der Waals surface area contributed by atoms with E-state index in [-0.39, 0.29) is 5.60 Å². The minimum absolute atomic E-state index is 0.352. The first-order valence-electron chi connectivity index (χ1n) is 3.88. The largest absolute Gasteiger partial charge is 0.390 e. The number of hydrogen-bond acceptors (Lipinski definition) is 2. The van der Waals surface area contributed by atoms with E-state index in [0.29, 0.717) is 6.61 Å². The van der Waals surface area contributed by atoms with E-state index in [9.17, 15) is 5.11 Å². The van der Waals surface area contributed by atoms with Crippen molar-refractivity contribution in [2.75, 3.05) is 6.61 Å². The van der Waals surface area contributed by atoms with E-state index in [1.807, 2.05) is 20.8 Å². The monoisotopic (exact) mass is 146 g/mol. The Morgan fingerprint density at radius 1 is 1.50 bits per heavy atom.